The summed E-state index contributed by atoms with van der Waals surface area (Å²) < 4.78 is 5.31. The highest BCUT2D eigenvalue weighted by atomic mass is 16.5. The molecule has 3 aromatic rings. The Bertz CT molecular complexity index is 826. The monoisotopic (exact) mass is 296 g/mol. The van der Waals surface area contributed by atoms with Crippen LogP contribution in [0.2, 0.25) is 0 Å². The normalized spacial score (nSPS) is 10.6. The Morgan fingerprint density at radius 3 is 3.00 bits per heavy atom. The molecule has 1 aromatic carbocycles. The largest absolute Gasteiger partial charge is 0.495 e. The lowest BCUT2D eigenvalue weighted by molar-refractivity contribution is 0.1000. The van der Waals surface area contributed by atoms with Crippen LogP contribution in [0.1, 0.15) is 15.9 Å². The van der Waals surface area contributed by atoms with Crippen molar-refractivity contribution in [2.75, 3.05) is 12.4 Å². The predicted octanol–water partition coefficient (Wildman–Crippen LogP) is 2.28. The van der Waals surface area contributed by atoms with Gasteiger partial charge >= 0.3 is 0 Å². The van der Waals surface area contributed by atoms with E-state index in [1.165, 1.54) is 0 Å². The second-order valence-corrected chi connectivity index (χ2v) is 4.84. The number of rotatable bonds is 5. The van der Waals surface area contributed by atoms with E-state index in [1.807, 2.05) is 18.3 Å². The van der Waals surface area contributed by atoms with Crippen LogP contribution in [0.15, 0.2) is 42.7 Å². The molecule has 0 aliphatic heterocycles. The Kier molecular flexibility index (Phi) is 3.65. The van der Waals surface area contributed by atoms with Crippen LogP contribution < -0.4 is 15.8 Å². The third-order valence-electron chi connectivity index (χ3n) is 3.51. The third-order valence-corrected chi connectivity index (χ3v) is 3.51. The standard InChI is InChI=1S/C16H16N4O2/c1-22-14-8-10(15(17)21)2-3-13(14)20-9-11-4-6-18-16-12(11)5-7-19-16/h2-8,20H,9H2,1H3,(H2,17,21)(H,18,19). The van der Waals surface area contributed by atoms with Gasteiger partial charge in [-0.25, -0.2) is 4.98 Å². The van der Waals surface area contributed by atoms with Crippen LogP contribution in [-0.2, 0) is 6.54 Å². The number of pyridine rings is 1. The summed E-state index contributed by atoms with van der Waals surface area (Å²) in [5.74, 6) is 0.101. The van der Waals surface area contributed by atoms with E-state index in [9.17, 15) is 4.79 Å². The molecule has 3 rings (SSSR count). The maximum Gasteiger partial charge on any atom is 0.248 e. The molecule has 0 saturated carbocycles. The maximum atomic E-state index is 11.2. The first-order valence-corrected chi connectivity index (χ1v) is 6.81. The van der Waals surface area contributed by atoms with Crippen molar-refractivity contribution < 1.29 is 9.53 Å². The highest BCUT2D eigenvalue weighted by molar-refractivity contribution is 5.94. The number of carbonyl (C=O) groups excluding carboxylic acids is 1. The van der Waals surface area contributed by atoms with Crippen LogP contribution in [0.4, 0.5) is 5.69 Å². The van der Waals surface area contributed by atoms with Gasteiger partial charge in [0.25, 0.3) is 0 Å². The van der Waals surface area contributed by atoms with Gasteiger partial charge in [-0.2, -0.15) is 0 Å². The molecule has 0 unspecified atom stereocenters. The summed E-state index contributed by atoms with van der Waals surface area (Å²) in [5, 5.41) is 4.38. The summed E-state index contributed by atoms with van der Waals surface area (Å²) in [6.07, 6.45) is 3.63. The number of anilines is 1. The molecular formula is C16H16N4O2. The Morgan fingerprint density at radius 1 is 1.36 bits per heavy atom. The zero-order chi connectivity index (χ0) is 15.5. The van der Waals surface area contributed by atoms with Crippen LogP contribution in [0.3, 0.4) is 0 Å². The van der Waals surface area contributed by atoms with Gasteiger partial charge in [0, 0.05) is 29.9 Å². The number of hydrogen-bond donors (Lipinski definition) is 3. The van der Waals surface area contributed by atoms with Gasteiger partial charge in [-0.15, -0.1) is 0 Å². The van der Waals surface area contributed by atoms with Crippen molar-refractivity contribution in [1.29, 1.82) is 0 Å². The van der Waals surface area contributed by atoms with Gasteiger partial charge in [0.05, 0.1) is 12.8 Å². The summed E-state index contributed by atoms with van der Waals surface area (Å²) in [7, 11) is 1.56. The summed E-state index contributed by atoms with van der Waals surface area (Å²) in [5.41, 5.74) is 8.47. The molecule has 0 bridgehead atoms. The molecule has 0 aliphatic carbocycles. The lowest BCUT2D eigenvalue weighted by Crippen LogP contribution is -2.11. The molecule has 2 aromatic heterocycles. The average Bonchev–Trinajstić information content (AvgIpc) is 3.01. The third kappa shape index (κ3) is 2.58. The smallest absolute Gasteiger partial charge is 0.248 e. The van der Waals surface area contributed by atoms with Gasteiger partial charge in [0.1, 0.15) is 11.4 Å². The predicted molar refractivity (Wildman–Crippen MR) is 84.9 cm³/mol. The number of hydrogen-bond acceptors (Lipinski definition) is 4. The Balaban J connectivity index is 1.84. The van der Waals surface area contributed by atoms with E-state index in [4.69, 9.17) is 10.5 Å². The van der Waals surface area contributed by atoms with Crippen molar-refractivity contribution in [3.8, 4) is 5.75 Å². The number of fused-ring (bicyclic) bond motifs is 1. The second-order valence-electron chi connectivity index (χ2n) is 4.84. The molecule has 0 spiro atoms. The summed E-state index contributed by atoms with van der Waals surface area (Å²) >= 11 is 0. The van der Waals surface area contributed by atoms with Crippen LogP contribution >= 0.6 is 0 Å². The second kappa shape index (κ2) is 5.77. The number of nitrogens with one attached hydrogen (secondary N) is 2. The molecular weight excluding hydrogens is 280 g/mol. The van der Waals surface area contributed by atoms with Gasteiger partial charge in [0.2, 0.25) is 5.91 Å². The van der Waals surface area contributed by atoms with Crippen molar-refractivity contribution in [2.24, 2.45) is 5.73 Å². The fourth-order valence-corrected chi connectivity index (χ4v) is 2.35. The number of amides is 1. The fraction of sp³-hybridized carbons (Fsp3) is 0.125. The van der Waals surface area contributed by atoms with E-state index in [0.717, 1.165) is 22.3 Å². The van der Waals surface area contributed by atoms with Crippen molar-refractivity contribution in [2.45, 2.75) is 6.54 Å². The lowest BCUT2D eigenvalue weighted by Gasteiger charge is -2.12. The fourth-order valence-electron chi connectivity index (χ4n) is 2.35. The van der Waals surface area contributed by atoms with E-state index in [0.29, 0.717) is 17.9 Å². The molecule has 0 atom stereocenters. The minimum absolute atomic E-state index is 0.416. The first-order chi connectivity index (χ1) is 10.7. The Labute approximate surface area is 127 Å². The minimum Gasteiger partial charge on any atom is -0.495 e. The molecule has 0 aliphatic rings. The molecule has 1 amide bonds. The van der Waals surface area contributed by atoms with Gasteiger partial charge in [0.15, 0.2) is 0 Å². The molecule has 4 N–H and O–H groups in total. The first-order valence-electron chi connectivity index (χ1n) is 6.81. The van der Waals surface area contributed by atoms with E-state index >= 15 is 0 Å². The number of ether oxygens (including phenoxy) is 1. The molecule has 22 heavy (non-hydrogen) atoms. The van der Waals surface area contributed by atoms with Gasteiger partial charge in [-0.05, 0) is 35.9 Å². The maximum absolute atomic E-state index is 11.2. The molecule has 6 heteroatoms. The SMILES string of the molecule is COc1cc(C(N)=O)ccc1NCc1ccnc2[nH]ccc12. The van der Waals surface area contributed by atoms with Crippen molar-refractivity contribution >= 4 is 22.6 Å². The quantitative estimate of drug-likeness (QED) is 0.673. The van der Waals surface area contributed by atoms with Crippen molar-refractivity contribution in [1.82, 2.24) is 9.97 Å². The summed E-state index contributed by atoms with van der Waals surface area (Å²) in [4.78, 5) is 18.6. The number of methoxy groups -OCH3 is 1. The van der Waals surface area contributed by atoms with E-state index in [-0.39, 0.29) is 0 Å². The average molecular weight is 296 g/mol. The molecule has 0 saturated heterocycles. The lowest BCUT2D eigenvalue weighted by atomic mass is 10.1. The number of carbonyl (C=O) groups is 1. The van der Waals surface area contributed by atoms with Gasteiger partial charge < -0.3 is 20.8 Å². The topological polar surface area (TPSA) is 93.0 Å². The van der Waals surface area contributed by atoms with Crippen LogP contribution in [0.25, 0.3) is 11.0 Å². The zero-order valence-corrected chi connectivity index (χ0v) is 12.1. The van der Waals surface area contributed by atoms with Crippen LogP contribution in [0.5, 0.6) is 5.75 Å². The highest BCUT2D eigenvalue weighted by Crippen LogP contribution is 2.26. The van der Waals surface area contributed by atoms with Crippen molar-refractivity contribution in [3.63, 3.8) is 0 Å². The number of aromatic amines is 1. The number of H-pyrrole nitrogens is 1. The number of benzene rings is 1. The zero-order valence-electron chi connectivity index (χ0n) is 12.1. The summed E-state index contributed by atoms with van der Waals surface area (Å²) in [6, 6.07) is 9.04. The van der Waals surface area contributed by atoms with Gasteiger partial charge in [-0.3, -0.25) is 4.79 Å². The van der Waals surface area contributed by atoms with E-state index < -0.39 is 5.91 Å². The van der Waals surface area contributed by atoms with Crippen LogP contribution in [0, 0.1) is 0 Å². The van der Waals surface area contributed by atoms with Crippen LogP contribution in [-0.4, -0.2) is 23.0 Å². The molecule has 2 heterocycles. The Hall–Kier alpha value is -3.02. The highest BCUT2D eigenvalue weighted by Gasteiger charge is 2.08. The summed E-state index contributed by atoms with van der Waals surface area (Å²) in [6.45, 7) is 0.614. The minimum atomic E-state index is -0.479. The number of nitrogens with two attached hydrogens (primary N) is 1. The van der Waals surface area contributed by atoms with Crippen molar-refractivity contribution in [3.05, 3.63) is 53.9 Å². The molecule has 0 fully saturated rings. The number of primary amides is 1. The first kappa shape index (κ1) is 13.9. The van der Waals surface area contributed by atoms with E-state index in [1.54, 1.807) is 31.5 Å². The molecule has 0 radical (unpaired) electrons. The number of aromatic nitrogens is 2. The van der Waals surface area contributed by atoms with Gasteiger partial charge in [-0.1, -0.05) is 0 Å². The van der Waals surface area contributed by atoms with E-state index in [2.05, 4.69) is 15.3 Å². The molecule has 6 nitrogen and oxygen atoms in total. The number of nitrogens with zero attached hydrogens (tertiary/aromatic N) is 1. The molecule has 112 valence electrons. The Morgan fingerprint density at radius 2 is 2.23 bits per heavy atom.